The number of para-hydroxylation sites is 1. The molecule has 0 aromatic heterocycles. The van der Waals surface area contributed by atoms with E-state index in [2.05, 4.69) is 0 Å². The molecule has 0 fully saturated rings. The van der Waals surface area contributed by atoms with Gasteiger partial charge in [-0.15, -0.1) is 0 Å². The molecule has 0 aliphatic heterocycles. The van der Waals surface area contributed by atoms with Gasteiger partial charge in [0.25, 0.3) is 0 Å². The van der Waals surface area contributed by atoms with E-state index >= 15 is 0 Å². The smallest absolute Gasteiger partial charge is 0.161 e. The lowest BCUT2D eigenvalue weighted by atomic mass is 10.1. The second kappa shape index (κ2) is 9.22. The molecule has 0 aliphatic carbocycles. The van der Waals surface area contributed by atoms with Crippen LogP contribution in [0.3, 0.4) is 0 Å². The molecule has 25 heavy (non-hydrogen) atoms. The van der Waals surface area contributed by atoms with E-state index in [1.54, 1.807) is 30.3 Å². The average Bonchev–Trinajstić information content (AvgIpc) is 2.65. The highest BCUT2D eigenvalue weighted by Gasteiger charge is 2.06. The van der Waals surface area contributed by atoms with Gasteiger partial charge in [0.1, 0.15) is 36.7 Å². The maximum Gasteiger partial charge on any atom is 0.161 e. The SMILES string of the molecule is COc1cc(C=C(C#N)C#N)ccc1OCCOc1ccccc1Cl. The zero-order valence-corrected chi connectivity index (χ0v) is 14.3. The van der Waals surface area contributed by atoms with Gasteiger partial charge in [-0.25, -0.2) is 0 Å². The van der Waals surface area contributed by atoms with Crippen LogP contribution in [0.4, 0.5) is 0 Å². The third kappa shape index (κ3) is 5.17. The first-order valence-electron chi connectivity index (χ1n) is 7.38. The predicted molar refractivity (Wildman–Crippen MR) is 94.6 cm³/mol. The molecule has 0 N–H and O–H groups in total. The molecule has 0 aliphatic rings. The van der Waals surface area contributed by atoms with Crippen LogP contribution in [0.5, 0.6) is 17.2 Å². The molecule has 0 unspecified atom stereocenters. The van der Waals surface area contributed by atoms with Crippen LogP contribution in [0.25, 0.3) is 6.08 Å². The van der Waals surface area contributed by atoms with Gasteiger partial charge in [0.2, 0.25) is 0 Å². The van der Waals surface area contributed by atoms with Crippen molar-refractivity contribution >= 4 is 17.7 Å². The summed E-state index contributed by atoms with van der Waals surface area (Å²) in [6.45, 7) is 0.625. The Bertz CT molecular complexity index is 834. The van der Waals surface area contributed by atoms with Crippen LogP contribution in [0.1, 0.15) is 5.56 Å². The summed E-state index contributed by atoms with van der Waals surface area (Å²) in [5.74, 6) is 1.64. The number of benzene rings is 2. The molecule has 0 amide bonds. The van der Waals surface area contributed by atoms with Crippen molar-refractivity contribution in [3.63, 3.8) is 0 Å². The number of methoxy groups -OCH3 is 1. The van der Waals surface area contributed by atoms with Gasteiger partial charge in [-0.2, -0.15) is 10.5 Å². The minimum atomic E-state index is 0.0175. The lowest BCUT2D eigenvalue weighted by Crippen LogP contribution is -2.09. The Balaban J connectivity index is 1.98. The van der Waals surface area contributed by atoms with Gasteiger partial charge in [-0.05, 0) is 35.9 Å². The second-order valence-electron chi connectivity index (χ2n) is 4.82. The van der Waals surface area contributed by atoms with Crippen molar-refractivity contribution in [2.75, 3.05) is 20.3 Å². The first kappa shape index (κ1) is 18.2. The number of hydrogen-bond donors (Lipinski definition) is 0. The van der Waals surface area contributed by atoms with E-state index in [0.717, 1.165) is 0 Å². The van der Waals surface area contributed by atoms with Crippen molar-refractivity contribution in [3.8, 4) is 29.4 Å². The summed E-state index contributed by atoms with van der Waals surface area (Å²) < 4.78 is 16.5. The molecule has 0 saturated carbocycles. The van der Waals surface area contributed by atoms with E-state index in [0.29, 0.717) is 41.0 Å². The first-order chi connectivity index (χ1) is 12.2. The number of nitrogens with zero attached hydrogens (tertiary/aromatic N) is 2. The van der Waals surface area contributed by atoms with Crippen molar-refractivity contribution in [1.29, 1.82) is 10.5 Å². The highest BCUT2D eigenvalue weighted by Crippen LogP contribution is 2.29. The normalized spacial score (nSPS) is 9.44. The average molecular weight is 355 g/mol. The molecule has 0 bridgehead atoms. The Kier molecular flexibility index (Phi) is 6.71. The summed E-state index contributed by atoms with van der Waals surface area (Å²) in [6, 6.07) is 16.0. The van der Waals surface area contributed by atoms with Crippen molar-refractivity contribution in [3.05, 3.63) is 58.6 Å². The molecule has 0 saturated heterocycles. The number of rotatable bonds is 7. The highest BCUT2D eigenvalue weighted by molar-refractivity contribution is 6.32. The standard InChI is InChI=1S/C19H15ClN2O3/c1-23-19-11-14(10-15(12-21)13-22)6-7-18(19)25-9-8-24-17-5-3-2-4-16(17)20/h2-7,10-11H,8-9H2,1H3. The monoisotopic (exact) mass is 354 g/mol. The second-order valence-corrected chi connectivity index (χ2v) is 5.23. The number of allylic oxidation sites excluding steroid dienone is 1. The van der Waals surface area contributed by atoms with Gasteiger partial charge in [-0.1, -0.05) is 29.8 Å². The fraction of sp³-hybridized carbons (Fsp3) is 0.158. The Morgan fingerprint density at radius 3 is 2.32 bits per heavy atom. The van der Waals surface area contributed by atoms with Crippen molar-refractivity contribution < 1.29 is 14.2 Å². The molecule has 0 atom stereocenters. The Hall–Kier alpha value is -3.15. The third-order valence-electron chi connectivity index (χ3n) is 3.17. The third-order valence-corrected chi connectivity index (χ3v) is 3.49. The van der Waals surface area contributed by atoms with E-state index in [1.807, 2.05) is 24.3 Å². The first-order valence-corrected chi connectivity index (χ1v) is 7.75. The van der Waals surface area contributed by atoms with Gasteiger partial charge in [-0.3, -0.25) is 0 Å². The van der Waals surface area contributed by atoms with Crippen LogP contribution in [-0.4, -0.2) is 20.3 Å². The quantitative estimate of drug-likeness (QED) is 0.549. The van der Waals surface area contributed by atoms with Gasteiger partial charge < -0.3 is 14.2 Å². The Morgan fingerprint density at radius 2 is 1.68 bits per heavy atom. The molecule has 2 aromatic carbocycles. The number of halogens is 1. The van der Waals surface area contributed by atoms with E-state index in [4.69, 9.17) is 36.3 Å². The van der Waals surface area contributed by atoms with Crippen molar-refractivity contribution in [2.24, 2.45) is 0 Å². The fourth-order valence-electron chi connectivity index (χ4n) is 2.01. The van der Waals surface area contributed by atoms with Gasteiger partial charge in [0, 0.05) is 0 Å². The largest absolute Gasteiger partial charge is 0.493 e. The Labute approximate surface area is 151 Å². The summed E-state index contributed by atoms with van der Waals surface area (Å²) >= 11 is 6.01. The summed E-state index contributed by atoms with van der Waals surface area (Å²) in [5.41, 5.74) is 0.693. The van der Waals surface area contributed by atoms with Gasteiger partial charge in [0.05, 0.1) is 12.1 Å². The van der Waals surface area contributed by atoms with E-state index < -0.39 is 0 Å². The highest BCUT2D eigenvalue weighted by atomic mass is 35.5. The zero-order chi connectivity index (χ0) is 18.1. The molecule has 2 aromatic rings. The minimum Gasteiger partial charge on any atom is -0.493 e. The van der Waals surface area contributed by atoms with Crippen LogP contribution in [0.2, 0.25) is 5.02 Å². The molecule has 6 heteroatoms. The summed E-state index contributed by atoms with van der Waals surface area (Å²) in [7, 11) is 1.52. The number of ether oxygens (including phenoxy) is 3. The maximum absolute atomic E-state index is 8.81. The lowest BCUT2D eigenvalue weighted by Gasteiger charge is -2.12. The molecule has 0 heterocycles. The van der Waals surface area contributed by atoms with E-state index in [9.17, 15) is 0 Å². The van der Waals surface area contributed by atoms with Crippen molar-refractivity contribution in [2.45, 2.75) is 0 Å². The van der Waals surface area contributed by atoms with E-state index in [1.165, 1.54) is 13.2 Å². The Morgan fingerprint density at radius 1 is 1.00 bits per heavy atom. The number of nitriles is 2. The molecule has 2 rings (SSSR count). The molecular formula is C19H15ClN2O3. The van der Waals surface area contributed by atoms with Crippen LogP contribution in [0.15, 0.2) is 48.0 Å². The maximum atomic E-state index is 8.81. The lowest BCUT2D eigenvalue weighted by molar-refractivity contribution is 0.211. The van der Waals surface area contributed by atoms with Crippen LogP contribution >= 0.6 is 11.6 Å². The van der Waals surface area contributed by atoms with Crippen LogP contribution in [-0.2, 0) is 0 Å². The molecule has 126 valence electrons. The van der Waals surface area contributed by atoms with Crippen molar-refractivity contribution in [1.82, 2.24) is 0 Å². The minimum absolute atomic E-state index is 0.0175. The summed E-state index contributed by atoms with van der Waals surface area (Å²) in [4.78, 5) is 0. The number of hydrogen-bond acceptors (Lipinski definition) is 5. The topological polar surface area (TPSA) is 75.3 Å². The molecule has 0 radical (unpaired) electrons. The zero-order valence-electron chi connectivity index (χ0n) is 13.5. The molecule has 0 spiro atoms. The fourth-order valence-corrected chi connectivity index (χ4v) is 2.20. The molecule has 5 nitrogen and oxygen atoms in total. The van der Waals surface area contributed by atoms with Gasteiger partial charge in [0.15, 0.2) is 11.5 Å². The summed E-state index contributed by atoms with van der Waals surface area (Å²) in [5, 5.41) is 18.2. The van der Waals surface area contributed by atoms with Crippen LogP contribution < -0.4 is 14.2 Å². The van der Waals surface area contributed by atoms with Gasteiger partial charge >= 0.3 is 0 Å². The van der Waals surface area contributed by atoms with Crippen LogP contribution in [0, 0.1) is 22.7 Å². The van der Waals surface area contributed by atoms with E-state index in [-0.39, 0.29) is 5.57 Å². The molecular weight excluding hydrogens is 340 g/mol. The predicted octanol–water partition coefficient (Wildman–Crippen LogP) is 4.24. The summed E-state index contributed by atoms with van der Waals surface area (Å²) in [6.07, 6.45) is 1.48.